The molecule has 0 unspecified atom stereocenters. The van der Waals surface area contributed by atoms with Gasteiger partial charge in [-0.05, 0) is 24.1 Å². The van der Waals surface area contributed by atoms with Crippen LogP contribution in [0.25, 0.3) is 0 Å². The van der Waals surface area contributed by atoms with Crippen LogP contribution in [0.15, 0.2) is 29.9 Å². The maximum Gasteiger partial charge on any atom is 0.329 e. The fourth-order valence-electron chi connectivity index (χ4n) is 1.46. The molecule has 1 aromatic rings. The Labute approximate surface area is 144 Å². The van der Waals surface area contributed by atoms with Crippen LogP contribution in [0.3, 0.4) is 0 Å². The fourth-order valence-corrected chi connectivity index (χ4v) is 2.07. The van der Waals surface area contributed by atoms with Crippen LogP contribution in [-0.2, 0) is 9.59 Å². The highest BCUT2D eigenvalue weighted by atomic mass is 35.5. The summed E-state index contributed by atoms with van der Waals surface area (Å²) in [6, 6.07) is 3.18. The maximum absolute atomic E-state index is 11.4. The molecule has 1 rings (SSSR count). The molecule has 2 amide bonds. The van der Waals surface area contributed by atoms with Crippen molar-refractivity contribution in [1.29, 1.82) is 0 Å². The monoisotopic (exact) mass is 357 g/mol. The summed E-state index contributed by atoms with van der Waals surface area (Å²) in [5.41, 5.74) is 2.65. The number of hydrogen-bond acceptors (Lipinski definition) is 4. The molecule has 0 radical (unpaired) electrons. The summed E-state index contributed by atoms with van der Waals surface area (Å²) in [5, 5.41) is 6.67. The van der Waals surface area contributed by atoms with E-state index in [1.54, 1.807) is 12.1 Å². The molecule has 0 aliphatic rings. The van der Waals surface area contributed by atoms with E-state index in [2.05, 4.69) is 22.4 Å². The fraction of sp³-hybridized carbons (Fsp3) is 0.267. The van der Waals surface area contributed by atoms with Crippen LogP contribution in [0.5, 0.6) is 5.75 Å². The number of amides is 2. The van der Waals surface area contributed by atoms with E-state index in [4.69, 9.17) is 27.9 Å². The van der Waals surface area contributed by atoms with Gasteiger partial charge in [0.25, 0.3) is 0 Å². The Bertz CT molecular complexity index is 595. The van der Waals surface area contributed by atoms with Crippen LogP contribution in [0, 0.1) is 0 Å². The van der Waals surface area contributed by atoms with Crippen molar-refractivity contribution in [1.82, 2.24) is 10.7 Å². The molecule has 0 aromatic heterocycles. The second-order valence-corrected chi connectivity index (χ2v) is 5.17. The van der Waals surface area contributed by atoms with Crippen molar-refractivity contribution in [2.75, 3.05) is 13.2 Å². The molecule has 0 aliphatic heterocycles. The van der Waals surface area contributed by atoms with Gasteiger partial charge < -0.3 is 10.1 Å². The van der Waals surface area contributed by atoms with Gasteiger partial charge in [-0.1, -0.05) is 36.2 Å². The summed E-state index contributed by atoms with van der Waals surface area (Å²) in [4.78, 5) is 22.7. The first-order valence-corrected chi connectivity index (χ1v) is 7.59. The lowest BCUT2D eigenvalue weighted by molar-refractivity contribution is -0.139. The third-order valence-electron chi connectivity index (χ3n) is 2.46. The van der Waals surface area contributed by atoms with E-state index in [0.717, 1.165) is 6.42 Å². The molecular formula is C15H17Cl2N3O3. The third-order valence-corrected chi connectivity index (χ3v) is 3.03. The second-order valence-electron chi connectivity index (χ2n) is 4.36. The van der Waals surface area contributed by atoms with Crippen molar-refractivity contribution in [3.05, 3.63) is 40.4 Å². The van der Waals surface area contributed by atoms with Gasteiger partial charge in [0.2, 0.25) is 0 Å². The Morgan fingerprint density at radius 2 is 1.96 bits per heavy atom. The summed E-state index contributed by atoms with van der Waals surface area (Å²) >= 11 is 12.2. The second kappa shape index (κ2) is 9.86. The van der Waals surface area contributed by atoms with Crippen molar-refractivity contribution in [2.24, 2.45) is 5.10 Å². The van der Waals surface area contributed by atoms with Crippen molar-refractivity contribution < 1.29 is 14.3 Å². The average Bonchev–Trinajstić information content (AvgIpc) is 2.51. The number of carbonyl (C=O) groups is 2. The van der Waals surface area contributed by atoms with Gasteiger partial charge >= 0.3 is 11.8 Å². The number of hydrogen-bond donors (Lipinski definition) is 2. The topological polar surface area (TPSA) is 79.8 Å². The van der Waals surface area contributed by atoms with Gasteiger partial charge in [0.15, 0.2) is 5.75 Å². The van der Waals surface area contributed by atoms with Gasteiger partial charge in [0.1, 0.15) is 0 Å². The highest BCUT2D eigenvalue weighted by Gasteiger charge is 2.11. The molecule has 2 N–H and O–H groups in total. The van der Waals surface area contributed by atoms with E-state index in [9.17, 15) is 9.59 Å². The number of nitrogens with one attached hydrogen (secondary N) is 2. The molecule has 1 aromatic carbocycles. The van der Waals surface area contributed by atoms with Crippen molar-refractivity contribution in [3.8, 4) is 5.75 Å². The number of carbonyl (C=O) groups excluding carboxylic acids is 2. The zero-order chi connectivity index (χ0) is 17.2. The van der Waals surface area contributed by atoms with E-state index in [1.807, 2.05) is 6.92 Å². The minimum absolute atomic E-state index is 0.195. The first-order valence-electron chi connectivity index (χ1n) is 6.83. The maximum atomic E-state index is 11.4. The molecule has 0 saturated carbocycles. The predicted octanol–water partition coefficient (Wildman–Crippen LogP) is 2.53. The summed E-state index contributed by atoms with van der Waals surface area (Å²) in [7, 11) is 0. The SMILES string of the molecule is C=CCNC(=O)C(=O)N/N=C\c1cc(Cl)c(OCCC)c(Cl)c1. The molecule has 0 heterocycles. The molecule has 8 heteroatoms. The molecule has 23 heavy (non-hydrogen) atoms. The van der Waals surface area contributed by atoms with Gasteiger partial charge in [0.05, 0.1) is 22.9 Å². The Balaban J connectivity index is 2.68. The van der Waals surface area contributed by atoms with Gasteiger partial charge in [0, 0.05) is 6.54 Å². The Morgan fingerprint density at radius 3 is 2.52 bits per heavy atom. The Hall–Kier alpha value is -2.05. The van der Waals surface area contributed by atoms with Crippen LogP contribution in [-0.4, -0.2) is 31.2 Å². The van der Waals surface area contributed by atoms with Crippen LogP contribution >= 0.6 is 23.2 Å². The van der Waals surface area contributed by atoms with E-state index in [-0.39, 0.29) is 6.54 Å². The van der Waals surface area contributed by atoms with Gasteiger partial charge in [-0.25, -0.2) is 5.43 Å². The first kappa shape index (κ1) is 19.0. The summed E-state index contributed by atoms with van der Waals surface area (Å²) < 4.78 is 5.44. The quantitative estimate of drug-likeness (QED) is 0.340. The van der Waals surface area contributed by atoms with Gasteiger partial charge in [-0.2, -0.15) is 5.10 Å². The van der Waals surface area contributed by atoms with Crippen molar-refractivity contribution >= 4 is 41.2 Å². The van der Waals surface area contributed by atoms with Crippen LogP contribution < -0.4 is 15.5 Å². The summed E-state index contributed by atoms with van der Waals surface area (Å²) in [5.74, 6) is -1.29. The normalized spacial score (nSPS) is 10.4. The standard InChI is InChI=1S/C15H17Cl2N3O3/c1-3-5-18-14(21)15(22)20-19-9-10-7-11(16)13(12(17)8-10)23-6-4-2/h3,7-9H,1,4-6H2,2H3,(H,18,21)(H,20,22)/b19-9-. The highest BCUT2D eigenvalue weighted by Crippen LogP contribution is 2.33. The zero-order valence-electron chi connectivity index (χ0n) is 12.6. The van der Waals surface area contributed by atoms with Crippen LogP contribution in [0.2, 0.25) is 10.0 Å². The predicted molar refractivity (Wildman–Crippen MR) is 91.2 cm³/mol. The lowest BCUT2D eigenvalue weighted by Crippen LogP contribution is -2.37. The number of rotatable bonds is 7. The molecule has 0 bridgehead atoms. The molecule has 0 atom stereocenters. The molecule has 0 spiro atoms. The average molecular weight is 358 g/mol. The Morgan fingerprint density at radius 1 is 1.30 bits per heavy atom. The molecule has 0 saturated heterocycles. The number of nitrogens with zero attached hydrogens (tertiary/aromatic N) is 1. The minimum Gasteiger partial charge on any atom is -0.490 e. The minimum atomic E-state index is -0.886. The lowest BCUT2D eigenvalue weighted by atomic mass is 10.2. The number of hydrazone groups is 1. The molecule has 124 valence electrons. The number of ether oxygens (including phenoxy) is 1. The largest absolute Gasteiger partial charge is 0.490 e. The number of halogens is 2. The first-order chi connectivity index (χ1) is 11.0. The smallest absolute Gasteiger partial charge is 0.329 e. The molecule has 0 fully saturated rings. The molecule has 0 aliphatic carbocycles. The van der Waals surface area contributed by atoms with E-state index >= 15 is 0 Å². The van der Waals surface area contributed by atoms with E-state index in [0.29, 0.717) is 28.0 Å². The summed E-state index contributed by atoms with van der Waals surface area (Å²) in [6.45, 7) is 6.09. The van der Waals surface area contributed by atoms with Gasteiger partial charge in [-0.15, -0.1) is 6.58 Å². The third kappa shape index (κ3) is 6.30. The molecular weight excluding hydrogens is 341 g/mol. The highest BCUT2D eigenvalue weighted by molar-refractivity contribution is 6.37. The molecule has 6 nitrogen and oxygen atoms in total. The van der Waals surface area contributed by atoms with Crippen molar-refractivity contribution in [3.63, 3.8) is 0 Å². The van der Waals surface area contributed by atoms with E-state index in [1.165, 1.54) is 12.3 Å². The number of benzene rings is 1. The van der Waals surface area contributed by atoms with E-state index < -0.39 is 11.8 Å². The lowest BCUT2D eigenvalue weighted by Gasteiger charge is -2.09. The van der Waals surface area contributed by atoms with Crippen LogP contribution in [0.1, 0.15) is 18.9 Å². The van der Waals surface area contributed by atoms with Crippen molar-refractivity contribution in [2.45, 2.75) is 13.3 Å². The Kier molecular flexibility index (Phi) is 8.15. The zero-order valence-corrected chi connectivity index (χ0v) is 14.1. The summed E-state index contributed by atoms with van der Waals surface area (Å²) in [6.07, 6.45) is 3.61. The van der Waals surface area contributed by atoms with Crippen LogP contribution in [0.4, 0.5) is 0 Å². The van der Waals surface area contributed by atoms with Gasteiger partial charge in [-0.3, -0.25) is 9.59 Å².